The standard InChI is InChI=1S/C16H18N2O5/c19-15(17-10-2-1-3-11-17)12-23-16(20)9-6-13-4-7-14(8-5-13)18(21)22/h4-9H,1-3,10-12H2/b9-6+. The lowest BCUT2D eigenvalue weighted by atomic mass is 10.1. The van der Waals surface area contributed by atoms with Gasteiger partial charge in [-0.25, -0.2) is 4.79 Å². The summed E-state index contributed by atoms with van der Waals surface area (Å²) in [5, 5.41) is 10.5. The number of nitro benzene ring substituents is 1. The Bertz CT molecular complexity index is 603. The van der Waals surface area contributed by atoms with Crippen LogP contribution in [0.5, 0.6) is 0 Å². The molecule has 1 heterocycles. The van der Waals surface area contributed by atoms with Crippen LogP contribution in [0.1, 0.15) is 24.8 Å². The topological polar surface area (TPSA) is 89.7 Å². The maximum Gasteiger partial charge on any atom is 0.331 e. The van der Waals surface area contributed by atoms with E-state index in [0.29, 0.717) is 5.56 Å². The number of carbonyl (C=O) groups is 2. The van der Waals surface area contributed by atoms with Crippen molar-refractivity contribution in [3.63, 3.8) is 0 Å². The second-order valence-electron chi connectivity index (χ2n) is 5.23. The van der Waals surface area contributed by atoms with Crippen LogP contribution in [0.15, 0.2) is 30.3 Å². The fourth-order valence-corrected chi connectivity index (χ4v) is 2.29. The normalized spacial score (nSPS) is 14.7. The van der Waals surface area contributed by atoms with Crippen LogP contribution in [0.2, 0.25) is 0 Å². The van der Waals surface area contributed by atoms with Gasteiger partial charge in [-0.3, -0.25) is 14.9 Å². The van der Waals surface area contributed by atoms with Crippen LogP contribution in [0, 0.1) is 10.1 Å². The molecule has 0 spiro atoms. The molecule has 2 rings (SSSR count). The first-order valence-corrected chi connectivity index (χ1v) is 7.43. The Balaban J connectivity index is 1.79. The van der Waals surface area contributed by atoms with Gasteiger partial charge in [0.25, 0.3) is 11.6 Å². The highest BCUT2D eigenvalue weighted by Gasteiger charge is 2.17. The van der Waals surface area contributed by atoms with Crippen molar-refractivity contribution in [2.75, 3.05) is 19.7 Å². The van der Waals surface area contributed by atoms with E-state index in [-0.39, 0.29) is 18.2 Å². The number of ether oxygens (including phenoxy) is 1. The van der Waals surface area contributed by atoms with E-state index < -0.39 is 10.9 Å². The zero-order chi connectivity index (χ0) is 16.7. The molecule has 0 N–H and O–H groups in total. The zero-order valence-corrected chi connectivity index (χ0v) is 12.6. The van der Waals surface area contributed by atoms with Crippen LogP contribution in [0.3, 0.4) is 0 Å². The molecular weight excluding hydrogens is 300 g/mol. The Kier molecular flexibility index (Phi) is 5.85. The first-order chi connectivity index (χ1) is 11.1. The van der Waals surface area contributed by atoms with Gasteiger partial charge < -0.3 is 9.64 Å². The van der Waals surface area contributed by atoms with Gasteiger partial charge >= 0.3 is 5.97 Å². The maximum atomic E-state index is 11.8. The Morgan fingerprint density at radius 3 is 2.43 bits per heavy atom. The quantitative estimate of drug-likeness (QED) is 0.359. The molecule has 1 aliphatic rings. The summed E-state index contributed by atoms with van der Waals surface area (Å²) < 4.78 is 4.92. The second kappa shape index (κ2) is 8.07. The molecule has 0 bridgehead atoms. The molecule has 0 aliphatic carbocycles. The first-order valence-electron chi connectivity index (χ1n) is 7.43. The molecule has 1 aromatic carbocycles. The van der Waals surface area contributed by atoms with Crippen molar-refractivity contribution >= 4 is 23.6 Å². The van der Waals surface area contributed by atoms with Crippen molar-refractivity contribution in [2.24, 2.45) is 0 Å². The van der Waals surface area contributed by atoms with Crippen LogP contribution in [0.25, 0.3) is 6.08 Å². The number of piperidine rings is 1. The number of amides is 1. The lowest BCUT2D eigenvalue weighted by Gasteiger charge is -2.26. The maximum absolute atomic E-state index is 11.8. The first kappa shape index (κ1) is 16.7. The third-order valence-electron chi connectivity index (χ3n) is 3.56. The molecule has 122 valence electrons. The van der Waals surface area contributed by atoms with E-state index in [4.69, 9.17) is 4.74 Å². The molecule has 0 saturated carbocycles. The number of hydrogen-bond acceptors (Lipinski definition) is 5. The van der Waals surface area contributed by atoms with Crippen molar-refractivity contribution in [1.29, 1.82) is 0 Å². The number of rotatable bonds is 5. The number of esters is 1. The van der Waals surface area contributed by atoms with E-state index in [1.54, 1.807) is 4.90 Å². The van der Waals surface area contributed by atoms with Crippen molar-refractivity contribution in [1.82, 2.24) is 4.90 Å². The van der Waals surface area contributed by atoms with Gasteiger partial charge in [0.05, 0.1) is 4.92 Å². The van der Waals surface area contributed by atoms with Gasteiger partial charge in [0.2, 0.25) is 0 Å². The minimum Gasteiger partial charge on any atom is -0.452 e. The molecule has 1 aromatic rings. The Morgan fingerprint density at radius 2 is 1.83 bits per heavy atom. The van der Waals surface area contributed by atoms with E-state index >= 15 is 0 Å². The predicted octanol–water partition coefficient (Wildman–Crippen LogP) is 2.16. The van der Waals surface area contributed by atoms with E-state index in [0.717, 1.165) is 32.4 Å². The molecule has 1 fully saturated rings. The third-order valence-corrected chi connectivity index (χ3v) is 3.56. The summed E-state index contributed by atoms with van der Waals surface area (Å²) in [6.07, 6.45) is 5.78. The summed E-state index contributed by atoms with van der Waals surface area (Å²) >= 11 is 0. The van der Waals surface area contributed by atoms with Gasteiger partial charge in [0, 0.05) is 31.3 Å². The molecule has 0 aromatic heterocycles. The minimum atomic E-state index is -0.617. The zero-order valence-electron chi connectivity index (χ0n) is 12.6. The number of hydrogen-bond donors (Lipinski definition) is 0. The molecule has 0 unspecified atom stereocenters. The Hall–Kier alpha value is -2.70. The number of likely N-dealkylation sites (tertiary alicyclic amines) is 1. The van der Waals surface area contributed by atoms with Gasteiger partial charge in [0.15, 0.2) is 6.61 Å². The van der Waals surface area contributed by atoms with E-state index in [9.17, 15) is 19.7 Å². The second-order valence-corrected chi connectivity index (χ2v) is 5.23. The highest BCUT2D eigenvalue weighted by molar-refractivity contribution is 5.89. The van der Waals surface area contributed by atoms with Gasteiger partial charge in [-0.05, 0) is 43.0 Å². The fourth-order valence-electron chi connectivity index (χ4n) is 2.29. The molecule has 1 saturated heterocycles. The summed E-state index contributed by atoms with van der Waals surface area (Å²) in [6.45, 7) is 1.17. The summed E-state index contributed by atoms with van der Waals surface area (Å²) in [7, 11) is 0. The summed E-state index contributed by atoms with van der Waals surface area (Å²) in [5.41, 5.74) is 0.617. The van der Waals surface area contributed by atoms with Crippen LogP contribution in [0.4, 0.5) is 5.69 Å². The van der Waals surface area contributed by atoms with Gasteiger partial charge in [-0.1, -0.05) is 0 Å². The van der Waals surface area contributed by atoms with Crippen LogP contribution >= 0.6 is 0 Å². The molecule has 23 heavy (non-hydrogen) atoms. The number of non-ortho nitro benzene ring substituents is 1. The van der Waals surface area contributed by atoms with Crippen molar-refractivity contribution in [3.05, 3.63) is 46.0 Å². The SMILES string of the molecule is O=C(/C=C/c1ccc([N+](=O)[O-])cc1)OCC(=O)N1CCCCC1. The predicted molar refractivity (Wildman–Crippen MR) is 83.5 cm³/mol. The van der Waals surface area contributed by atoms with Crippen LogP contribution in [-0.4, -0.2) is 41.4 Å². The average molecular weight is 318 g/mol. The number of benzene rings is 1. The lowest BCUT2D eigenvalue weighted by Crippen LogP contribution is -2.38. The van der Waals surface area contributed by atoms with Gasteiger partial charge in [0.1, 0.15) is 0 Å². The van der Waals surface area contributed by atoms with E-state index in [1.807, 2.05) is 0 Å². The van der Waals surface area contributed by atoms with Gasteiger partial charge in [-0.15, -0.1) is 0 Å². The highest BCUT2D eigenvalue weighted by Crippen LogP contribution is 2.13. The third kappa shape index (κ3) is 5.21. The molecule has 0 radical (unpaired) electrons. The minimum absolute atomic E-state index is 0.0168. The lowest BCUT2D eigenvalue weighted by molar-refractivity contribution is -0.384. The average Bonchev–Trinajstić information content (AvgIpc) is 2.59. The summed E-state index contributed by atoms with van der Waals surface area (Å²) in [5.74, 6) is -0.796. The monoisotopic (exact) mass is 318 g/mol. The smallest absolute Gasteiger partial charge is 0.331 e. The highest BCUT2D eigenvalue weighted by atomic mass is 16.6. The van der Waals surface area contributed by atoms with Gasteiger partial charge in [-0.2, -0.15) is 0 Å². The van der Waals surface area contributed by atoms with Crippen LogP contribution in [-0.2, 0) is 14.3 Å². The fraction of sp³-hybridized carbons (Fsp3) is 0.375. The molecule has 0 atom stereocenters. The number of carbonyl (C=O) groups excluding carboxylic acids is 2. The summed E-state index contributed by atoms with van der Waals surface area (Å²) in [4.78, 5) is 35.2. The van der Waals surface area contributed by atoms with E-state index in [2.05, 4.69) is 0 Å². The Morgan fingerprint density at radius 1 is 1.17 bits per heavy atom. The largest absolute Gasteiger partial charge is 0.452 e. The summed E-state index contributed by atoms with van der Waals surface area (Å²) in [6, 6.07) is 5.76. The number of nitrogens with zero attached hydrogens (tertiary/aromatic N) is 2. The van der Waals surface area contributed by atoms with E-state index in [1.165, 1.54) is 36.4 Å². The molecule has 7 heteroatoms. The Labute approximate surface area is 133 Å². The molecule has 1 amide bonds. The molecule has 1 aliphatic heterocycles. The van der Waals surface area contributed by atoms with Crippen LogP contribution < -0.4 is 0 Å². The van der Waals surface area contributed by atoms with Crippen molar-refractivity contribution in [2.45, 2.75) is 19.3 Å². The molecule has 7 nitrogen and oxygen atoms in total. The number of nitro groups is 1. The van der Waals surface area contributed by atoms with Crippen molar-refractivity contribution < 1.29 is 19.2 Å². The van der Waals surface area contributed by atoms with Crippen molar-refractivity contribution in [3.8, 4) is 0 Å². The molecular formula is C16H18N2O5.